The van der Waals surface area contributed by atoms with E-state index in [4.69, 9.17) is 4.74 Å². The summed E-state index contributed by atoms with van der Waals surface area (Å²) in [4.78, 5) is 12.9. The van der Waals surface area contributed by atoms with Crippen LogP contribution in [-0.2, 0) is 10.0 Å². The third-order valence-corrected chi connectivity index (χ3v) is 7.22. The lowest BCUT2D eigenvalue weighted by Gasteiger charge is -2.19. The highest BCUT2D eigenvalue weighted by atomic mass is 32.2. The van der Waals surface area contributed by atoms with Crippen LogP contribution < -0.4 is 10.1 Å². The van der Waals surface area contributed by atoms with E-state index < -0.39 is 10.0 Å². The van der Waals surface area contributed by atoms with Crippen molar-refractivity contribution in [2.45, 2.75) is 50.5 Å². The van der Waals surface area contributed by atoms with Gasteiger partial charge in [-0.2, -0.15) is 4.31 Å². The molecule has 2 aromatic carbocycles. The molecule has 7 heteroatoms. The number of hydrogen-bond donors (Lipinski definition) is 1. The van der Waals surface area contributed by atoms with Crippen LogP contribution in [0.1, 0.15) is 49.9 Å². The van der Waals surface area contributed by atoms with Gasteiger partial charge in [-0.05, 0) is 56.0 Å². The molecule has 0 atom stereocenters. The van der Waals surface area contributed by atoms with Crippen molar-refractivity contribution in [1.29, 1.82) is 0 Å². The van der Waals surface area contributed by atoms with Crippen molar-refractivity contribution in [3.8, 4) is 5.75 Å². The molecule has 1 saturated carbocycles. The third-order valence-electron chi connectivity index (χ3n) is 5.17. The predicted molar refractivity (Wildman–Crippen MR) is 114 cm³/mol. The maximum Gasteiger partial charge on any atom is 0.255 e. The molecule has 1 aliphatic rings. The minimum Gasteiger partial charge on any atom is -0.488 e. The van der Waals surface area contributed by atoms with Gasteiger partial charge in [0.25, 0.3) is 5.91 Å². The lowest BCUT2D eigenvalue weighted by atomic mass is 10.2. The highest BCUT2D eigenvalue weighted by Gasteiger charge is 2.23. The Labute approximate surface area is 172 Å². The normalized spacial score (nSPS) is 14.9. The number of nitrogens with one attached hydrogen (secondary N) is 1. The number of rotatable bonds is 8. The Balaban J connectivity index is 1.80. The van der Waals surface area contributed by atoms with Crippen molar-refractivity contribution in [2.24, 2.45) is 0 Å². The summed E-state index contributed by atoms with van der Waals surface area (Å²) in [6.07, 6.45) is 4.54. The summed E-state index contributed by atoms with van der Waals surface area (Å²) in [5.74, 6) is 0.267. The van der Waals surface area contributed by atoms with Crippen LogP contribution in [0, 0.1) is 0 Å². The van der Waals surface area contributed by atoms with E-state index in [9.17, 15) is 13.2 Å². The number of hydrogen-bond acceptors (Lipinski definition) is 4. The monoisotopic (exact) mass is 416 g/mol. The van der Waals surface area contributed by atoms with Gasteiger partial charge in [-0.3, -0.25) is 4.79 Å². The average molecular weight is 417 g/mol. The first-order valence-corrected chi connectivity index (χ1v) is 11.6. The summed E-state index contributed by atoms with van der Waals surface area (Å²) < 4.78 is 32.9. The lowest BCUT2D eigenvalue weighted by Crippen LogP contribution is -2.30. The van der Waals surface area contributed by atoms with E-state index in [1.807, 2.05) is 18.2 Å². The second-order valence-electron chi connectivity index (χ2n) is 7.09. The summed E-state index contributed by atoms with van der Waals surface area (Å²) >= 11 is 0. The Kier molecular flexibility index (Phi) is 6.92. The molecule has 0 unspecified atom stereocenters. The molecule has 0 heterocycles. The van der Waals surface area contributed by atoms with Crippen LogP contribution in [0.4, 0.5) is 5.69 Å². The molecule has 0 aliphatic heterocycles. The Hall–Kier alpha value is -2.38. The lowest BCUT2D eigenvalue weighted by molar-refractivity contribution is 0.102. The van der Waals surface area contributed by atoms with E-state index in [1.165, 1.54) is 16.4 Å². The molecule has 0 bridgehead atoms. The molecular weight excluding hydrogens is 388 g/mol. The van der Waals surface area contributed by atoms with Crippen LogP contribution in [0.15, 0.2) is 53.4 Å². The maximum absolute atomic E-state index is 12.8. The average Bonchev–Trinajstić information content (AvgIpc) is 3.23. The first kappa shape index (κ1) is 21.3. The van der Waals surface area contributed by atoms with Gasteiger partial charge in [-0.25, -0.2) is 8.42 Å². The van der Waals surface area contributed by atoms with E-state index >= 15 is 0 Å². The highest BCUT2D eigenvalue weighted by Crippen LogP contribution is 2.30. The molecule has 156 valence electrons. The second kappa shape index (κ2) is 9.41. The van der Waals surface area contributed by atoms with Gasteiger partial charge < -0.3 is 10.1 Å². The number of ether oxygens (including phenoxy) is 1. The van der Waals surface area contributed by atoms with Gasteiger partial charge in [0.05, 0.1) is 16.7 Å². The molecule has 1 fully saturated rings. The van der Waals surface area contributed by atoms with E-state index in [2.05, 4.69) is 5.32 Å². The minimum absolute atomic E-state index is 0.115. The number of anilines is 1. The van der Waals surface area contributed by atoms with Gasteiger partial charge in [0.15, 0.2) is 0 Å². The molecule has 29 heavy (non-hydrogen) atoms. The number of nitrogens with zero attached hydrogens (tertiary/aromatic N) is 1. The van der Waals surface area contributed by atoms with Crippen LogP contribution in [0.5, 0.6) is 5.75 Å². The number of carbonyl (C=O) groups is 1. The smallest absolute Gasteiger partial charge is 0.255 e. The molecule has 3 rings (SSSR count). The number of sulfonamides is 1. The van der Waals surface area contributed by atoms with Crippen LogP contribution in [0.3, 0.4) is 0 Å². The van der Waals surface area contributed by atoms with Crippen LogP contribution in [0.25, 0.3) is 0 Å². The van der Waals surface area contributed by atoms with Crippen molar-refractivity contribution in [1.82, 2.24) is 4.31 Å². The first-order valence-electron chi connectivity index (χ1n) is 10.1. The molecule has 0 spiro atoms. The third kappa shape index (κ3) is 4.97. The van der Waals surface area contributed by atoms with Crippen LogP contribution in [-0.4, -0.2) is 37.8 Å². The fraction of sp³-hybridized carbons (Fsp3) is 0.409. The highest BCUT2D eigenvalue weighted by molar-refractivity contribution is 7.89. The molecule has 1 N–H and O–H groups in total. The first-order chi connectivity index (χ1) is 14.0. The summed E-state index contributed by atoms with van der Waals surface area (Å²) in [6, 6.07) is 13.5. The Bertz CT molecular complexity index is 949. The van der Waals surface area contributed by atoms with Gasteiger partial charge in [0.2, 0.25) is 10.0 Å². The van der Waals surface area contributed by atoms with E-state index in [1.54, 1.807) is 32.0 Å². The fourth-order valence-electron chi connectivity index (χ4n) is 3.56. The molecule has 0 radical (unpaired) electrons. The van der Waals surface area contributed by atoms with Crippen LogP contribution >= 0.6 is 0 Å². The Morgan fingerprint density at radius 2 is 1.76 bits per heavy atom. The summed E-state index contributed by atoms with van der Waals surface area (Å²) in [5.41, 5.74) is 0.871. The number of benzene rings is 2. The molecular formula is C22H28N2O4S. The summed E-state index contributed by atoms with van der Waals surface area (Å²) in [6.45, 7) is 4.33. The van der Waals surface area contributed by atoms with Gasteiger partial charge >= 0.3 is 0 Å². The van der Waals surface area contributed by atoms with Crippen molar-refractivity contribution in [3.63, 3.8) is 0 Å². The SMILES string of the molecule is CCN(CC)S(=O)(=O)c1cccc(C(=O)Nc2ccccc2OC2CCCC2)c1. The van der Waals surface area contributed by atoms with E-state index in [-0.39, 0.29) is 22.5 Å². The van der Waals surface area contributed by atoms with Crippen molar-refractivity contribution < 1.29 is 17.9 Å². The molecule has 6 nitrogen and oxygen atoms in total. The Morgan fingerprint density at radius 1 is 1.07 bits per heavy atom. The molecule has 2 aromatic rings. The Morgan fingerprint density at radius 3 is 2.45 bits per heavy atom. The van der Waals surface area contributed by atoms with Crippen LogP contribution in [0.2, 0.25) is 0 Å². The molecule has 1 amide bonds. The second-order valence-corrected chi connectivity index (χ2v) is 9.03. The van der Waals surface area contributed by atoms with Crippen molar-refractivity contribution >= 4 is 21.6 Å². The van der Waals surface area contributed by atoms with Gasteiger partial charge in [0, 0.05) is 18.7 Å². The zero-order valence-electron chi connectivity index (χ0n) is 16.9. The van der Waals surface area contributed by atoms with E-state index in [0.29, 0.717) is 24.5 Å². The standard InChI is InChI=1S/C22H28N2O4S/c1-3-24(4-2)29(26,27)19-13-9-10-17(16-19)22(25)23-20-14-7-8-15-21(20)28-18-11-5-6-12-18/h7-10,13-16,18H,3-6,11-12H2,1-2H3,(H,23,25). The van der Waals surface area contributed by atoms with Crippen molar-refractivity contribution in [2.75, 3.05) is 18.4 Å². The maximum atomic E-state index is 12.8. The van der Waals surface area contributed by atoms with Gasteiger partial charge in [-0.15, -0.1) is 0 Å². The number of amides is 1. The minimum atomic E-state index is -3.63. The quantitative estimate of drug-likeness (QED) is 0.696. The fourth-order valence-corrected chi connectivity index (χ4v) is 5.07. The number of carbonyl (C=O) groups excluding carboxylic acids is 1. The summed E-state index contributed by atoms with van der Waals surface area (Å²) in [7, 11) is -3.63. The zero-order valence-corrected chi connectivity index (χ0v) is 17.7. The van der Waals surface area contributed by atoms with Crippen molar-refractivity contribution in [3.05, 3.63) is 54.1 Å². The molecule has 0 aromatic heterocycles. The van der Waals surface area contributed by atoms with E-state index in [0.717, 1.165) is 25.7 Å². The number of para-hydroxylation sites is 2. The molecule has 0 saturated heterocycles. The molecule has 1 aliphatic carbocycles. The topological polar surface area (TPSA) is 75.7 Å². The largest absolute Gasteiger partial charge is 0.488 e. The zero-order chi connectivity index (χ0) is 20.9. The summed E-state index contributed by atoms with van der Waals surface area (Å²) in [5, 5.41) is 2.86. The van der Waals surface area contributed by atoms with Gasteiger partial charge in [-0.1, -0.05) is 32.0 Å². The van der Waals surface area contributed by atoms with Gasteiger partial charge in [0.1, 0.15) is 5.75 Å². The predicted octanol–water partition coefficient (Wildman–Crippen LogP) is 4.29.